The summed E-state index contributed by atoms with van der Waals surface area (Å²) in [6.07, 6.45) is 5.57. The van der Waals surface area contributed by atoms with Crippen LogP contribution in [0.2, 0.25) is 0 Å². The van der Waals surface area contributed by atoms with Crippen LogP contribution in [-0.4, -0.2) is 28.5 Å². The standard InChI is InChI=1S/C13H23N3OS/c1-3-8-14-10(2)6-7-12-15-13(16-17-12)11-5-4-9-18-11/h10-11,14H,3-9H2,1-2H3. The van der Waals surface area contributed by atoms with Crippen molar-refractivity contribution < 1.29 is 4.52 Å². The highest BCUT2D eigenvalue weighted by Crippen LogP contribution is 2.38. The summed E-state index contributed by atoms with van der Waals surface area (Å²) >= 11 is 1.95. The molecular weight excluding hydrogens is 246 g/mol. The smallest absolute Gasteiger partial charge is 0.226 e. The van der Waals surface area contributed by atoms with E-state index in [4.69, 9.17) is 4.52 Å². The van der Waals surface area contributed by atoms with Crippen LogP contribution >= 0.6 is 11.8 Å². The Bertz CT molecular complexity index is 350. The predicted molar refractivity (Wildman–Crippen MR) is 74.8 cm³/mol. The van der Waals surface area contributed by atoms with E-state index in [2.05, 4.69) is 29.3 Å². The van der Waals surface area contributed by atoms with Crippen LogP contribution in [0.3, 0.4) is 0 Å². The number of nitrogens with one attached hydrogen (secondary N) is 1. The van der Waals surface area contributed by atoms with Gasteiger partial charge in [-0.3, -0.25) is 0 Å². The average molecular weight is 269 g/mol. The van der Waals surface area contributed by atoms with Gasteiger partial charge in [-0.1, -0.05) is 12.1 Å². The van der Waals surface area contributed by atoms with Gasteiger partial charge in [0.2, 0.25) is 5.89 Å². The summed E-state index contributed by atoms with van der Waals surface area (Å²) < 4.78 is 5.33. The summed E-state index contributed by atoms with van der Waals surface area (Å²) in [7, 11) is 0. The summed E-state index contributed by atoms with van der Waals surface area (Å²) in [6, 6.07) is 0.515. The molecule has 1 aliphatic heterocycles. The van der Waals surface area contributed by atoms with Crippen LogP contribution in [0.4, 0.5) is 0 Å². The molecule has 2 heterocycles. The van der Waals surface area contributed by atoms with Crippen molar-refractivity contribution in [2.24, 2.45) is 0 Å². The minimum absolute atomic E-state index is 0.470. The van der Waals surface area contributed by atoms with Gasteiger partial charge in [0.05, 0.1) is 5.25 Å². The molecule has 0 aromatic carbocycles. The van der Waals surface area contributed by atoms with Gasteiger partial charge in [-0.2, -0.15) is 16.7 Å². The maximum Gasteiger partial charge on any atom is 0.226 e. The Morgan fingerprint density at radius 3 is 3.17 bits per heavy atom. The highest BCUT2D eigenvalue weighted by Gasteiger charge is 2.22. The molecule has 0 bridgehead atoms. The lowest BCUT2D eigenvalue weighted by Crippen LogP contribution is -2.27. The molecule has 0 amide bonds. The van der Waals surface area contributed by atoms with Crippen LogP contribution < -0.4 is 5.32 Å². The third kappa shape index (κ3) is 3.99. The van der Waals surface area contributed by atoms with Crippen LogP contribution in [0.15, 0.2) is 4.52 Å². The molecular formula is C13H23N3OS. The molecule has 1 aliphatic rings. The number of thioether (sulfide) groups is 1. The predicted octanol–water partition coefficient (Wildman–Crippen LogP) is 2.96. The first-order valence-corrected chi connectivity index (χ1v) is 8.02. The molecule has 2 rings (SSSR count). The summed E-state index contributed by atoms with van der Waals surface area (Å²) in [5, 5.41) is 8.05. The second-order valence-corrected chi connectivity index (χ2v) is 6.25. The maximum atomic E-state index is 5.33. The third-order valence-corrected chi connectivity index (χ3v) is 4.61. The van der Waals surface area contributed by atoms with Crippen LogP contribution in [0.5, 0.6) is 0 Å². The third-order valence-electron chi connectivity index (χ3n) is 3.24. The summed E-state index contributed by atoms with van der Waals surface area (Å²) in [4.78, 5) is 4.52. The molecule has 1 aromatic heterocycles. The van der Waals surface area contributed by atoms with E-state index < -0.39 is 0 Å². The van der Waals surface area contributed by atoms with Gasteiger partial charge in [0.15, 0.2) is 5.82 Å². The minimum Gasteiger partial charge on any atom is -0.339 e. The van der Waals surface area contributed by atoms with Gasteiger partial charge in [0.25, 0.3) is 0 Å². The first kappa shape index (κ1) is 13.9. The Labute approximate surface area is 113 Å². The zero-order valence-corrected chi connectivity index (χ0v) is 12.1. The molecule has 0 radical (unpaired) electrons. The van der Waals surface area contributed by atoms with Crippen molar-refractivity contribution in [3.05, 3.63) is 11.7 Å². The number of hydrogen-bond donors (Lipinski definition) is 1. The number of nitrogens with zero attached hydrogens (tertiary/aromatic N) is 2. The van der Waals surface area contributed by atoms with Crippen molar-refractivity contribution in [3.8, 4) is 0 Å². The summed E-state index contributed by atoms with van der Waals surface area (Å²) in [6.45, 7) is 5.47. The first-order chi connectivity index (χ1) is 8.79. The monoisotopic (exact) mass is 269 g/mol. The molecule has 2 unspecified atom stereocenters. The first-order valence-electron chi connectivity index (χ1n) is 6.97. The van der Waals surface area contributed by atoms with Gasteiger partial charge in [0.1, 0.15) is 0 Å². The second-order valence-electron chi connectivity index (χ2n) is 4.94. The largest absolute Gasteiger partial charge is 0.339 e. The molecule has 1 N–H and O–H groups in total. The molecule has 102 valence electrons. The molecule has 4 nitrogen and oxygen atoms in total. The molecule has 18 heavy (non-hydrogen) atoms. The molecule has 0 saturated carbocycles. The van der Waals surface area contributed by atoms with Gasteiger partial charge < -0.3 is 9.84 Å². The minimum atomic E-state index is 0.470. The Kier molecular flexibility index (Phi) is 5.50. The van der Waals surface area contributed by atoms with Crippen molar-refractivity contribution in [2.45, 2.75) is 57.2 Å². The van der Waals surface area contributed by atoms with Crippen molar-refractivity contribution >= 4 is 11.8 Å². The molecule has 2 atom stereocenters. The van der Waals surface area contributed by atoms with E-state index in [1.165, 1.54) is 25.0 Å². The van der Waals surface area contributed by atoms with E-state index in [1.54, 1.807) is 0 Å². The van der Waals surface area contributed by atoms with Crippen LogP contribution in [-0.2, 0) is 6.42 Å². The van der Waals surface area contributed by atoms with E-state index in [1.807, 2.05) is 11.8 Å². The Morgan fingerprint density at radius 2 is 2.44 bits per heavy atom. The van der Waals surface area contributed by atoms with Crippen LogP contribution in [0, 0.1) is 0 Å². The second kappa shape index (κ2) is 7.14. The molecule has 1 saturated heterocycles. The Morgan fingerprint density at radius 1 is 1.56 bits per heavy atom. The summed E-state index contributed by atoms with van der Waals surface area (Å²) in [5.74, 6) is 2.93. The normalized spacial score (nSPS) is 21.3. The highest BCUT2D eigenvalue weighted by molar-refractivity contribution is 7.99. The van der Waals surface area contributed by atoms with E-state index in [0.29, 0.717) is 11.3 Å². The van der Waals surface area contributed by atoms with Crippen LogP contribution in [0.25, 0.3) is 0 Å². The van der Waals surface area contributed by atoms with E-state index in [0.717, 1.165) is 31.1 Å². The van der Waals surface area contributed by atoms with Crippen molar-refractivity contribution in [1.82, 2.24) is 15.5 Å². The molecule has 1 fully saturated rings. The molecule has 1 aromatic rings. The number of aromatic nitrogens is 2. The molecule has 0 spiro atoms. The SMILES string of the molecule is CCCNC(C)CCc1nc(C2CCCS2)no1. The fraction of sp³-hybridized carbons (Fsp3) is 0.846. The fourth-order valence-corrected chi connectivity index (χ4v) is 3.31. The maximum absolute atomic E-state index is 5.33. The summed E-state index contributed by atoms with van der Waals surface area (Å²) in [5.41, 5.74) is 0. The number of hydrogen-bond acceptors (Lipinski definition) is 5. The fourth-order valence-electron chi connectivity index (χ4n) is 2.11. The van der Waals surface area contributed by atoms with Gasteiger partial charge in [-0.25, -0.2) is 0 Å². The topological polar surface area (TPSA) is 51.0 Å². The lowest BCUT2D eigenvalue weighted by Gasteiger charge is -2.10. The van der Waals surface area contributed by atoms with Crippen LogP contribution in [0.1, 0.15) is 56.5 Å². The van der Waals surface area contributed by atoms with Crippen molar-refractivity contribution in [3.63, 3.8) is 0 Å². The van der Waals surface area contributed by atoms with E-state index in [-0.39, 0.29) is 0 Å². The van der Waals surface area contributed by atoms with Gasteiger partial charge >= 0.3 is 0 Å². The quantitative estimate of drug-likeness (QED) is 0.824. The zero-order chi connectivity index (χ0) is 12.8. The number of rotatable bonds is 7. The van der Waals surface area contributed by atoms with Gasteiger partial charge in [-0.05, 0) is 44.9 Å². The molecule has 0 aliphatic carbocycles. The Balaban J connectivity index is 1.76. The lowest BCUT2D eigenvalue weighted by molar-refractivity contribution is 0.362. The Hall–Kier alpha value is -0.550. The average Bonchev–Trinajstić information content (AvgIpc) is 3.03. The van der Waals surface area contributed by atoms with Gasteiger partial charge in [-0.15, -0.1) is 0 Å². The lowest BCUT2D eigenvalue weighted by atomic mass is 10.2. The van der Waals surface area contributed by atoms with E-state index >= 15 is 0 Å². The zero-order valence-electron chi connectivity index (χ0n) is 11.3. The van der Waals surface area contributed by atoms with Gasteiger partial charge in [0, 0.05) is 12.5 Å². The highest BCUT2D eigenvalue weighted by atomic mass is 32.2. The van der Waals surface area contributed by atoms with Crippen molar-refractivity contribution in [2.75, 3.05) is 12.3 Å². The number of aryl methyl sites for hydroxylation is 1. The molecule has 5 heteroatoms. The van der Waals surface area contributed by atoms with E-state index in [9.17, 15) is 0 Å². The van der Waals surface area contributed by atoms with Crippen molar-refractivity contribution in [1.29, 1.82) is 0 Å².